The summed E-state index contributed by atoms with van der Waals surface area (Å²) in [4.78, 5) is 14.6. The van der Waals surface area contributed by atoms with E-state index in [0.29, 0.717) is 35.6 Å². The molecule has 1 unspecified atom stereocenters. The molecule has 2 saturated carbocycles. The van der Waals surface area contributed by atoms with Gasteiger partial charge < -0.3 is 0 Å². The molecule has 0 heterocycles. The lowest BCUT2D eigenvalue weighted by Crippen LogP contribution is -2.43. The summed E-state index contributed by atoms with van der Waals surface area (Å²) in [5, 5.41) is 0. The largest absolute Gasteiger partial charge is 0.299 e. The second kappa shape index (κ2) is 4.48. The van der Waals surface area contributed by atoms with Crippen LogP contribution < -0.4 is 0 Å². The maximum Gasteiger partial charge on any atom is 0.140 e. The Bertz CT molecular complexity index is 264. The van der Waals surface area contributed by atoms with Crippen LogP contribution in [0.4, 0.5) is 0 Å². The summed E-state index contributed by atoms with van der Waals surface area (Å²) in [6.45, 7) is 9.93. The molecule has 0 amide bonds. The molecular weight excluding hydrogens is 198 g/mol. The number of hydrogen-bond donors (Lipinski definition) is 0. The molecule has 0 aliphatic heterocycles. The smallest absolute Gasteiger partial charge is 0.140 e. The summed E-state index contributed by atoms with van der Waals surface area (Å²) < 4.78 is 0. The third-order valence-electron chi connectivity index (χ3n) is 4.54. The molecule has 16 heavy (non-hydrogen) atoms. The molecule has 92 valence electrons. The Balaban J connectivity index is 2.01. The van der Waals surface area contributed by atoms with Crippen molar-refractivity contribution in [3.63, 3.8) is 0 Å². The van der Waals surface area contributed by atoms with E-state index in [9.17, 15) is 4.79 Å². The van der Waals surface area contributed by atoms with Gasteiger partial charge in [-0.25, -0.2) is 0 Å². The lowest BCUT2D eigenvalue weighted by molar-refractivity contribution is -0.126. The molecule has 0 aromatic rings. The minimum Gasteiger partial charge on any atom is -0.299 e. The normalized spacial score (nSPS) is 33.7. The number of carbonyl (C=O) groups is 1. The molecule has 0 radical (unpaired) electrons. The molecule has 2 heteroatoms. The van der Waals surface area contributed by atoms with Crippen LogP contribution in [-0.2, 0) is 4.79 Å². The molecule has 0 aromatic heterocycles. The first-order valence-electron chi connectivity index (χ1n) is 6.80. The van der Waals surface area contributed by atoms with Crippen molar-refractivity contribution in [3.05, 3.63) is 0 Å². The van der Waals surface area contributed by atoms with Gasteiger partial charge in [-0.1, -0.05) is 0 Å². The van der Waals surface area contributed by atoms with Crippen LogP contribution in [0.1, 0.15) is 47.0 Å². The van der Waals surface area contributed by atoms with Crippen LogP contribution in [0.3, 0.4) is 0 Å². The number of hydrogen-bond acceptors (Lipinski definition) is 2. The van der Waals surface area contributed by atoms with Gasteiger partial charge in [0.1, 0.15) is 5.78 Å². The van der Waals surface area contributed by atoms with Gasteiger partial charge in [-0.05, 0) is 52.9 Å². The van der Waals surface area contributed by atoms with Gasteiger partial charge in [0.05, 0.1) is 0 Å². The van der Waals surface area contributed by atoms with E-state index in [-0.39, 0.29) is 0 Å². The third kappa shape index (κ3) is 2.04. The maximum absolute atomic E-state index is 12.1. The Labute approximate surface area is 99.4 Å². The lowest BCUT2D eigenvalue weighted by atomic mass is 9.87. The zero-order valence-corrected chi connectivity index (χ0v) is 11.1. The second-order valence-electron chi connectivity index (χ2n) is 6.16. The number of ketones is 1. The maximum atomic E-state index is 12.1. The van der Waals surface area contributed by atoms with E-state index in [1.807, 2.05) is 0 Å². The first-order valence-corrected chi connectivity index (χ1v) is 6.80. The fourth-order valence-electron chi connectivity index (χ4n) is 3.66. The Kier molecular flexibility index (Phi) is 3.39. The van der Waals surface area contributed by atoms with Crippen LogP contribution >= 0.6 is 0 Å². The summed E-state index contributed by atoms with van der Waals surface area (Å²) in [6.07, 6.45) is 3.65. The van der Waals surface area contributed by atoms with Crippen molar-refractivity contribution in [2.24, 2.45) is 17.8 Å². The summed E-state index contributed by atoms with van der Waals surface area (Å²) in [5.41, 5.74) is 0. The Morgan fingerprint density at radius 1 is 1.19 bits per heavy atom. The summed E-state index contributed by atoms with van der Waals surface area (Å²) in [5.74, 6) is 2.06. The van der Waals surface area contributed by atoms with Crippen molar-refractivity contribution in [2.75, 3.05) is 6.54 Å². The van der Waals surface area contributed by atoms with Crippen molar-refractivity contribution < 1.29 is 4.79 Å². The topological polar surface area (TPSA) is 20.3 Å². The predicted molar refractivity (Wildman–Crippen MR) is 66.3 cm³/mol. The molecule has 2 rings (SSSR count). The zero-order chi connectivity index (χ0) is 11.9. The van der Waals surface area contributed by atoms with Crippen molar-refractivity contribution in [1.82, 2.24) is 4.90 Å². The lowest BCUT2D eigenvalue weighted by Gasteiger charge is -2.34. The SMILES string of the molecule is CC(C)N(C[C@@H]1C(=O)[C@@H]2CCC1C2)C(C)C. The van der Waals surface area contributed by atoms with Crippen LogP contribution in [0, 0.1) is 17.8 Å². The van der Waals surface area contributed by atoms with Gasteiger partial charge in [0, 0.05) is 30.5 Å². The highest BCUT2D eigenvalue weighted by Gasteiger charge is 2.47. The fraction of sp³-hybridized carbons (Fsp3) is 0.929. The van der Waals surface area contributed by atoms with Gasteiger partial charge in [-0.3, -0.25) is 9.69 Å². The van der Waals surface area contributed by atoms with Gasteiger partial charge >= 0.3 is 0 Å². The van der Waals surface area contributed by atoms with E-state index in [1.165, 1.54) is 19.3 Å². The summed E-state index contributed by atoms with van der Waals surface area (Å²) >= 11 is 0. The van der Waals surface area contributed by atoms with Crippen LogP contribution in [0.2, 0.25) is 0 Å². The quantitative estimate of drug-likeness (QED) is 0.730. The minimum absolute atomic E-state index is 0.351. The standard InChI is InChI=1S/C14H25NO/c1-9(2)15(10(3)4)8-13-11-5-6-12(7-11)14(13)16/h9-13H,5-8H2,1-4H3/t11?,12-,13+/m1/s1. The van der Waals surface area contributed by atoms with Gasteiger partial charge in [-0.2, -0.15) is 0 Å². The summed E-state index contributed by atoms with van der Waals surface area (Å²) in [7, 11) is 0. The van der Waals surface area contributed by atoms with Gasteiger partial charge in [0.2, 0.25) is 0 Å². The van der Waals surface area contributed by atoms with E-state index >= 15 is 0 Å². The van der Waals surface area contributed by atoms with Crippen molar-refractivity contribution in [3.8, 4) is 0 Å². The number of Topliss-reactive ketones (excluding diaryl/α,β-unsaturated/α-hetero) is 1. The molecule has 0 N–H and O–H groups in total. The monoisotopic (exact) mass is 223 g/mol. The Hall–Kier alpha value is -0.370. The van der Waals surface area contributed by atoms with Crippen molar-refractivity contribution >= 4 is 5.78 Å². The molecular formula is C14H25NO. The van der Waals surface area contributed by atoms with E-state index < -0.39 is 0 Å². The van der Waals surface area contributed by atoms with E-state index in [4.69, 9.17) is 0 Å². The van der Waals surface area contributed by atoms with Gasteiger partial charge in [-0.15, -0.1) is 0 Å². The highest BCUT2D eigenvalue weighted by atomic mass is 16.1. The highest BCUT2D eigenvalue weighted by Crippen LogP contribution is 2.46. The molecule has 2 aliphatic carbocycles. The summed E-state index contributed by atoms with van der Waals surface area (Å²) in [6, 6.07) is 1.10. The van der Waals surface area contributed by atoms with E-state index in [1.54, 1.807) is 0 Å². The van der Waals surface area contributed by atoms with Gasteiger partial charge in [0.25, 0.3) is 0 Å². The molecule has 2 aliphatic rings. The predicted octanol–water partition coefficient (Wildman–Crippen LogP) is 2.72. The average Bonchev–Trinajstić information content (AvgIpc) is 2.74. The average molecular weight is 223 g/mol. The van der Waals surface area contributed by atoms with Crippen LogP contribution in [-0.4, -0.2) is 29.3 Å². The van der Waals surface area contributed by atoms with Crippen LogP contribution in [0.15, 0.2) is 0 Å². The number of rotatable bonds is 4. The number of carbonyl (C=O) groups excluding carboxylic acids is 1. The van der Waals surface area contributed by atoms with E-state index in [0.717, 1.165) is 6.54 Å². The first-order chi connectivity index (χ1) is 7.50. The third-order valence-corrected chi connectivity index (χ3v) is 4.54. The van der Waals surface area contributed by atoms with Crippen LogP contribution in [0.25, 0.3) is 0 Å². The Morgan fingerprint density at radius 2 is 1.81 bits per heavy atom. The van der Waals surface area contributed by atoms with Crippen molar-refractivity contribution in [2.45, 2.75) is 59.0 Å². The Morgan fingerprint density at radius 3 is 2.25 bits per heavy atom. The molecule has 2 bridgehead atoms. The molecule has 0 spiro atoms. The van der Waals surface area contributed by atoms with Crippen molar-refractivity contribution in [1.29, 1.82) is 0 Å². The molecule has 2 fully saturated rings. The zero-order valence-electron chi connectivity index (χ0n) is 11.1. The van der Waals surface area contributed by atoms with Crippen LogP contribution in [0.5, 0.6) is 0 Å². The molecule has 0 saturated heterocycles. The fourth-order valence-corrected chi connectivity index (χ4v) is 3.66. The second-order valence-corrected chi connectivity index (χ2v) is 6.16. The molecule has 3 atom stereocenters. The molecule has 0 aromatic carbocycles. The number of fused-ring (bicyclic) bond motifs is 2. The number of nitrogens with zero attached hydrogens (tertiary/aromatic N) is 1. The van der Waals surface area contributed by atoms with E-state index in [2.05, 4.69) is 32.6 Å². The molecule has 2 nitrogen and oxygen atoms in total. The highest BCUT2D eigenvalue weighted by molar-refractivity contribution is 5.87. The first kappa shape index (κ1) is 12.1. The van der Waals surface area contributed by atoms with Gasteiger partial charge in [0.15, 0.2) is 0 Å². The minimum atomic E-state index is 0.351.